The van der Waals surface area contributed by atoms with Crippen molar-refractivity contribution < 1.29 is 9.55 Å². The summed E-state index contributed by atoms with van der Waals surface area (Å²) >= 11 is 2.00. The fourth-order valence-electron chi connectivity index (χ4n) is 1.68. The number of nitrogens with zero attached hydrogens (tertiary/aromatic N) is 2. The van der Waals surface area contributed by atoms with Gasteiger partial charge in [0, 0.05) is 47.5 Å². The minimum atomic E-state index is -0.143. The molecular formula is C13H11IN3O2S+. The number of rotatable bonds is 4. The predicted octanol–water partition coefficient (Wildman–Crippen LogP) is 3.52. The summed E-state index contributed by atoms with van der Waals surface area (Å²) in [5.41, 5.74) is 2.31. The monoisotopic (exact) mass is 400 g/mol. The highest BCUT2D eigenvalue weighted by Gasteiger charge is 2.11. The molecule has 102 valence electrons. The smallest absolute Gasteiger partial charge is 0.287 e. The molecule has 0 bridgehead atoms. The second-order valence-electron chi connectivity index (χ2n) is 3.99. The Kier molecular flexibility index (Phi) is 5.07. The van der Waals surface area contributed by atoms with Crippen LogP contribution in [-0.4, -0.2) is 22.7 Å². The van der Waals surface area contributed by atoms with E-state index in [0.717, 1.165) is 11.1 Å². The van der Waals surface area contributed by atoms with Crippen LogP contribution in [0, 0.1) is 4.91 Å². The van der Waals surface area contributed by atoms with Gasteiger partial charge < -0.3 is 0 Å². The number of halogens is 1. The van der Waals surface area contributed by atoms with Crippen molar-refractivity contribution >= 4 is 42.0 Å². The zero-order valence-electron chi connectivity index (χ0n) is 10.5. The van der Waals surface area contributed by atoms with Crippen molar-refractivity contribution in [3.8, 4) is 11.1 Å². The summed E-state index contributed by atoms with van der Waals surface area (Å²) in [6.45, 7) is 0. The van der Waals surface area contributed by atoms with Crippen LogP contribution in [0.5, 0.6) is 0 Å². The summed E-state index contributed by atoms with van der Waals surface area (Å²) in [6.07, 6.45) is 1.62. The first kappa shape index (κ1) is 14.9. The molecule has 0 saturated carbocycles. The summed E-state index contributed by atoms with van der Waals surface area (Å²) in [6, 6.07) is 10.7. The van der Waals surface area contributed by atoms with Crippen molar-refractivity contribution in [2.24, 2.45) is 0 Å². The SMILES string of the molecule is C[N+](=O)c1ccc(-c2cccc(C(=O)NSI)c2)cn1. The molecule has 1 N–H and O–H groups in total. The maximum Gasteiger partial charge on any atom is 0.360 e. The molecule has 0 unspecified atom stereocenters. The van der Waals surface area contributed by atoms with Crippen LogP contribution in [0.3, 0.4) is 0 Å². The molecule has 1 heterocycles. The third kappa shape index (κ3) is 3.54. The van der Waals surface area contributed by atoms with E-state index in [9.17, 15) is 9.70 Å². The molecule has 1 aromatic heterocycles. The minimum Gasteiger partial charge on any atom is -0.287 e. The summed E-state index contributed by atoms with van der Waals surface area (Å²) < 4.78 is 3.37. The standard InChI is InChI=1S/C13H10IN3O2S/c1-17(19)12-6-5-11(8-15-12)9-3-2-4-10(7-9)13(18)16-20-14/h2-8H,1H3/p+1. The molecule has 1 amide bonds. The van der Waals surface area contributed by atoms with Crippen LogP contribution in [0.1, 0.15) is 10.4 Å². The lowest BCUT2D eigenvalue weighted by molar-refractivity contribution is -0.432. The fourth-order valence-corrected chi connectivity index (χ4v) is 2.46. The Morgan fingerprint density at radius 3 is 2.70 bits per heavy atom. The molecular weight excluding hydrogens is 389 g/mol. The van der Waals surface area contributed by atoms with E-state index in [4.69, 9.17) is 0 Å². The maximum absolute atomic E-state index is 11.8. The molecule has 5 nitrogen and oxygen atoms in total. The van der Waals surface area contributed by atoms with E-state index in [1.807, 2.05) is 33.3 Å². The molecule has 0 radical (unpaired) electrons. The van der Waals surface area contributed by atoms with Crippen LogP contribution < -0.4 is 4.72 Å². The lowest BCUT2D eigenvalue weighted by Crippen LogP contribution is -2.13. The molecule has 2 aromatic rings. The number of carbonyl (C=O) groups is 1. The quantitative estimate of drug-likeness (QED) is 0.485. The molecule has 0 saturated heterocycles. The molecule has 0 aliphatic rings. The average molecular weight is 400 g/mol. The molecule has 0 aliphatic carbocycles. The highest BCUT2D eigenvalue weighted by molar-refractivity contribution is 14.2. The van der Waals surface area contributed by atoms with Crippen molar-refractivity contribution in [3.05, 3.63) is 53.1 Å². The first-order valence-corrected chi connectivity index (χ1v) is 9.03. The Morgan fingerprint density at radius 2 is 2.10 bits per heavy atom. The second kappa shape index (κ2) is 6.80. The van der Waals surface area contributed by atoms with Crippen LogP contribution in [0.2, 0.25) is 0 Å². The van der Waals surface area contributed by atoms with Gasteiger partial charge in [-0.15, -0.1) is 0 Å². The Morgan fingerprint density at radius 1 is 1.30 bits per heavy atom. The molecule has 0 fully saturated rings. The third-order valence-corrected chi connectivity index (χ3v) is 3.58. The first-order chi connectivity index (χ1) is 9.61. The Balaban J connectivity index is 2.31. The van der Waals surface area contributed by atoms with Gasteiger partial charge in [-0.3, -0.25) is 9.52 Å². The zero-order chi connectivity index (χ0) is 14.5. The summed E-state index contributed by atoms with van der Waals surface area (Å²) in [5, 5.41) is 0. The van der Waals surface area contributed by atoms with E-state index in [1.54, 1.807) is 30.5 Å². The summed E-state index contributed by atoms with van der Waals surface area (Å²) in [5.74, 6) is 0.207. The number of hydrogen-bond acceptors (Lipinski definition) is 4. The normalized spacial score (nSPS) is 10.1. The van der Waals surface area contributed by atoms with Crippen LogP contribution in [0.4, 0.5) is 5.82 Å². The van der Waals surface area contributed by atoms with E-state index < -0.39 is 0 Å². The molecule has 1 aromatic carbocycles. The van der Waals surface area contributed by atoms with E-state index in [1.165, 1.54) is 16.2 Å². The highest BCUT2D eigenvalue weighted by atomic mass is 127. The fraction of sp³-hybridized carbons (Fsp3) is 0.0769. The van der Waals surface area contributed by atoms with Crippen LogP contribution >= 0.6 is 30.3 Å². The van der Waals surface area contributed by atoms with Crippen molar-refractivity contribution in [1.29, 1.82) is 0 Å². The number of amides is 1. The average Bonchev–Trinajstić information content (AvgIpc) is 2.48. The molecule has 7 heteroatoms. The van der Waals surface area contributed by atoms with Crippen molar-refractivity contribution in [2.45, 2.75) is 0 Å². The number of nitrogens with one attached hydrogen (secondary N) is 1. The first-order valence-electron chi connectivity index (χ1n) is 5.67. The van der Waals surface area contributed by atoms with Crippen LogP contribution in [0.25, 0.3) is 11.1 Å². The van der Waals surface area contributed by atoms with Gasteiger partial charge in [0.25, 0.3) is 5.91 Å². The number of aromatic nitrogens is 1. The van der Waals surface area contributed by atoms with Gasteiger partial charge in [-0.05, 0) is 33.5 Å². The maximum atomic E-state index is 11.8. The molecule has 0 spiro atoms. The van der Waals surface area contributed by atoms with E-state index in [2.05, 4.69) is 9.71 Å². The molecule has 2 rings (SSSR count). The highest BCUT2D eigenvalue weighted by Crippen LogP contribution is 2.21. The number of nitroso groups, excluding NO2 is 1. The lowest BCUT2D eigenvalue weighted by Gasteiger charge is -2.03. The van der Waals surface area contributed by atoms with Gasteiger partial charge in [0.15, 0.2) is 0 Å². The Labute approximate surface area is 132 Å². The third-order valence-electron chi connectivity index (χ3n) is 2.66. The number of benzene rings is 1. The molecule has 0 aliphatic heterocycles. The van der Waals surface area contributed by atoms with Gasteiger partial charge in [-0.2, -0.15) is 0 Å². The second-order valence-corrected chi connectivity index (χ2v) is 5.67. The number of pyridine rings is 1. The number of carbonyl (C=O) groups excluding carboxylic acids is 1. The van der Waals surface area contributed by atoms with Gasteiger partial charge in [-0.1, -0.05) is 17.0 Å². The van der Waals surface area contributed by atoms with Gasteiger partial charge >= 0.3 is 5.82 Å². The summed E-state index contributed by atoms with van der Waals surface area (Å²) in [4.78, 5) is 27.0. The van der Waals surface area contributed by atoms with Crippen molar-refractivity contribution in [1.82, 2.24) is 9.71 Å². The molecule has 20 heavy (non-hydrogen) atoms. The Bertz CT molecular complexity index is 646. The van der Waals surface area contributed by atoms with Crippen LogP contribution in [0.15, 0.2) is 42.6 Å². The van der Waals surface area contributed by atoms with Crippen molar-refractivity contribution in [2.75, 3.05) is 7.05 Å². The predicted molar refractivity (Wildman–Crippen MR) is 88.0 cm³/mol. The topological polar surface area (TPSA) is 62.1 Å². The lowest BCUT2D eigenvalue weighted by atomic mass is 10.0. The molecule has 0 atom stereocenters. The Hall–Kier alpha value is -1.48. The van der Waals surface area contributed by atoms with Crippen LogP contribution in [-0.2, 0) is 0 Å². The van der Waals surface area contributed by atoms with Gasteiger partial charge in [0.1, 0.15) is 13.2 Å². The van der Waals surface area contributed by atoms with Gasteiger partial charge in [0.05, 0.1) is 0 Å². The summed E-state index contributed by atoms with van der Waals surface area (Å²) in [7, 11) is 2.63. The van der Waals surface area contributed by atoms with Crippen molar-refractivity contribution in [3.63, 3.8) is 0 Å². The largest absolute Gasteiger partial charge is 0.360 e. The zero-order valence-corrected chi connectivity index (χ0v) is 13.5. The van der Waals surface area contributed by atoms with Gasteiger partial charge in [0.2, 0.25) is 0 Å². The van der Waals surface area contributed by atoms with E-state index in [-0.39, 0.29) is 5.91 Å². The minimum absolute atomic E-state index is 0.143. The number of hydrogen-bond donors (Lipinski definition) is 1. The van der Waals surface area contributed by atoms with Gasteiger partial charge in [-0.25, -0.2) is 0 Å². The van der Waals surface area contributed by atoms with E-state index >= 15 is 0 Å². The van der Waals surface area contributed by atoms with E-state index in [0.29, 0.717) is 16.1 Å².